The van der Waals surface area contributed by atoms with Gasteiger partial charge in [-0.15, -0.1) is 0 Å². The Bertz CT molecular complexity index is 503. The van der Waals surface area contributed by atoms with Crippen molar-refractivity contribution in [2.45, 2.75) is 31.9 Å². The van der Waals surface area contributed by atoms with E-state index in [1.165, 1.54) is 25.7 Å². The number of nitrogen functional groups attached to an aromatic ring is 1. The number of aromatic nitrogens is 2. The molecule has 1 aromatic rings. The molecule has 3 atom stereocenters. The zero-order chi connectivity index (χ0) is 14.3. The zero-order valence-electron chi connectivity index (χ0n) is 11.0. The Hall–Kier alpha value is -1.53. The number of hydrogen-bond acceptors (Lipinski definition) is 4. The molecule has 0 aromatic carbocycles. The van der Waals surface area contributed by atoms with Gasteiger partial charge in [0.1, 0.15) is 5.82 Å². The van der Waals surface area contributed by atoms with Crippen molar-refractivity contribution in [3.63, 3.8) is 0 Å². The van der Waals surface area contributed by atoms with Gasteiger partial charge in [-0.3, -0.25) is 0 Å². The predicted octanol–water partition coefficient (Wildman–Crippen LogP) is 2.93. The molecule has 2 saturated carbocycles. The smallest absolute Gasteiger partial charge is 0.370 e. The molecule has 3 N–H and O–H groups in total. The molecule has 2 fully saturated rings. The number of hydrogen-bond donors (Lipinski definition) is 2. The van der Waals surface area contributed by atoms with Crippen LogP contribution in [-0.2, 0) is 6.18 Å². The summed E-state index contributed by atoms with van der Waals surface area (Å²) in [4.78, 5) is 7.05. The Balaban J connectivity index is 1.67. The van der Waals surface area contributed by atoms with Gasteiger partial charge in [-0.25, -0.2) is 4.98 Å². The number of nitrogens with one attached hydrogen (secondary N) is 1. The second kappa shape index (κ2) is 4.79. The highest BCUT2D eigenvalue weighted by molar-refractivity contribution is 5.41. The fraction of sp³-hybridized carbons (Fsp3) is 0.692. The highest BCUT2D eigenvalue weighted by Gasteiger charge is 2.39. The van der Waals surface area contributed by atoms with E-state index in [9.17, 15) is 13.2 Å². The Morgan fingerprint density at radius 2 is 2.05 bits per heavy atom. The topological polar surface area (TPSA) is 63.8 Å². The summed E-state index contributed by atoms with van der Waals surface area (Å²) in [6.07, 6.45) is 0.493. The van der Waals surface area contributed by atoms with E-state index in [0.29, 0.717) is 18.4 Å². The molecule has 20 heavy (non-hydrogen) atoms. The van der Waals surface area contributed by atoms with Crippen molar-refractivity contribution in [2.24, 2.45) is 17.8 Å². The van der Waals surface area contributed by atoms with Gasteiger partial charge < -0.3 is 11.1 Å². The highest BCUT2D eigenvalue weighted by atomic mass is 19.4. The lowest BCUT2D eigenvalue weighted by molar-refractivity contribution is -0.141. The first-order valence-electron chi connectivity index (χ1n) is 6.87. The Kier molecular flexibility index (Phi) is 3.22. The van der Waals surface area contributed by atoms with Crippen LogP contribution in [0.3, 0.4) is 0 Å². The first-order valence-corrected chi connectivity index (χ1v) is 6.87. The molecule has 2 aliphatic rings. The zero-order valence-corrected chi connectivity index (χ0v) is 11.0. The van der Waals surface area contributed by atoms with Gasteiger partial charge in [0.25, 0.3) is 0 Å². The van der Waals surface area contributed by atoms with Gasteiger partial charge >= 0.3 is 6.18 Å². The average molecular weight is 286 g/mol. The van der Waals surface area contributed by atoms with Crippen molar-refractivity contribution in [1.29, 1.82) is 0 Å². The van der Waals surface area contributed by atoms with Gasteiger partial charge in [0, 0.05) is 12.6 Å². The monoisotopic (exact) mass is 286 g/mol. The predicted molar refractivity (Wildman–Crippen MR) is 68.9 cm³/mol. The second-order valence-corrected chi connectivity index (χ2v) is 5.81. The van der Waals surface area contributed by atoms with Gasteiger partial charge in [-0.2, -0.15) is 18.2 Å². The number of nitrogens with zero attached hydrogens (tertiary/aromatic N) is 2. The van der Waals surface area contributed by atoms with Crippen LogP contribution in [0.25, 0.3) is 0 Å². The standard InChI is InChI=1S/C13H17F3N4/c14-13(15,16)10-5-11(20-12(17)19-10)18-6-9-4-7-1-2-8(9)3-7/h5,7-9H,1-4,6H2,(H3,17,18,19,20). The van der Waals surface area contributed by atoms with Gasteiger partial charge in [0.2, 0.25) is 5.95 Å². The van der Waals surface area contributed by atoms with Gasteiger partial charge in [-0.1, -0.05) is 6.42 Å². The minimum Gasteiger partial charge on any atom is -0.370 e. The average Bonchev–Trinajstić information content (AvgIpc) is 2.96. The third-order valence-corrected chi connectivity index (χ3v) is 4.46. The summed E-state index contributed by atoms with van der Waals surface area (Å²) in [6, 6.07) is 0.920. The quantitative estimate of drug-likeness (QED) is 0.896. The summed E-state index contributed by atoms with van der Waals surface area (Å²) in [5, 5.41) is 2.99. The lowest BCUT2D eigenvalue weighted by Crippen LogP contribution is -2.21. The van der Waals surface area contributed by atoms with Crippen molar-refractivity contribution in [3.8, 4) is 0 Å². The molecule has 1 aromatic heterocycles. The van der Waals surface area contributed by atoms with Gasteiger partial charge in [0.05, 0.1) is 0 Å². The maximum absolute atomic E-state index is 12.6. The van der Waals surface area contributed by atoms with Crippen molar-refractivity contribution in [2.75, 3.05) is 17.6 Å². The fourth-order valence-electron chi connectivity index (χ4n) is 3.56. The van der Waals surface area contributed by atoms with Crippen LogP contribution in [0.4, 0.5) is 24.9 Å². The molecule has 0 radical (unpaired) electrons. The Morgan fingerprint density at radius 3 is 2.65 bits per heavy atom. The second-order valence-electron chi connectivity index (χ2n) is 5.81. The summed E-state index contributed by atoms with van der Waals surface area (Å²) in [7, 11) is 0. The highest BCUT2D eigenvalue weighted by Crippen LogP contribution is 2.48. The van der Waals surface area contributed by atoms with Crippen LogP contribution in [-0.4, -0.2) is 16.5 Å². The number of halogens is 3. The van der Waals surface area contributed by atoms with Gasteiger partial charge in [0.15, 0.2) is 5.69 Å². The third-order valence-electron chi connectivity index (χ3n) is 4.46. The van der Waals surface area contributed by atoms with Gasteiger partial charge in [-0.05, 0) is 37.0 Å². The largest absolute Gasteiger partial charge is 0.433 e. The molecule has 0 saturated heterocycles. The van der Waals surface area contributed by atoms with E-state index in [0.717, 1.165) is 12.0 Å². The molecular weight excluding hydrogens is 269 g/mol. The number of rotatable bonds is 3. The molecule has 0 aliphatic heterocycles. The van der Waals surface area contributed by atoms with Crippen molar-refractivity contribution < 1.29 is 13.2 Å². The van der Waals surface area contributed by atoms with E-state index in [1.54, 1.807) is 0 Å². The summed E-state index contributed by atoms with van der Waals surface area (Å²) in [6.45, 7) is 0.662. The summed E-state index contributed by atoms with van der Waals surface area (Å²) < 4.78 is 37.9. The van der Waals surface area contributed by atoms with Crippen LogP contribution in [0.1, 0.15) is 31.4 Å². The molecule has 7 heteroatoms. The molecule has 3 rings (SSSR count). The van der Waals surface area contributed by atoms with E-state index in [4.69, 9.17) is 5.73 Å². The lowest BCUT2D eigenvalue weighted by atomic mass is 9.89. The summed E-state index contributed by atoms with van der Waals surface area (Å²) in [5.74, 6) is 1.88. The number of alkyl halides is 3. The molecule has 0 spiro atoms. The Morgan fingerprint density at radius 1 is 1.25 bits per heavy atom. The van der Waals surface area contributed by atoms with Crippen LogP contribution in [0.2, 0.25) is 0 Å². The molecule has 110 valence electrons. The first kappa shape index (κ1) is 13.5. The van der Waals surface area contributed by atoms with E-state index >= 15 is 0 Å². The molecule has 3 unspecified atom stereocenters. The van der Waals surface area contributed by atoms with Crippen LogP contribution in [0.5, 0.6) is 0 Å². The summed E-state index contributed by atoms with van der Waals surface area (Å²) in [5.41, 5.74) is 4.34. The van der Waals surface area contributed by atoms with E-state index in [2.05, 4.69) is 15.3 Å². The Labute approximate surface area is 115 Å². The molecule has 0 amide bonds. The van der Waals surface area contributed by atoms with Crippen LogP contribution in [0, 0.1) is 17.8 Å². The number of nitrogens with two attached hydrogens (primary N) is 1. The number of fused-ring (bicyclic) bond motifs is 2. The van der Waals surface area contributed by atoms with Crippen molar-refractivity contribution in [1.82, 2.24) is 9.97 Å². The van der Waals surface area contributed by atoms with Crippen LogP contribution in [0.15, 0.2) is 6.07 Å². The molecular formula is C13H17F3N4. The lowest BCUT2D eigenvalue weighted by Gasteiger charge is -2.22. The van der Waals surface area contributed by atoms with E-state index in [1.807, 2.05) is 0 Å². The van der Waals surface area contributed by atoms with E-state index in [-0.39, 0.29) is 11.8 Å². The molecule has 4 nitrogen and oxygen atoms in total. The SMILES string of the molecule is Nc1nc(NCC2CC3CCC2C3)cc(C(F)(F)F)n1. The minimum atomic E-state index is -4.50. The molecule has 1 heterocycles. The third kappa shape index (κ3) is 2.66. The van der Waals surface area contributed by atoms with Crippen LogP contribution >= 0.6 is 0 Å². The minimum absolute atomic E-state index is 0.160. The maximum Gasteiger partial charge on any atom is 0.433 e. The molecule has 2 aliphatic carbocycles. The fourth-order valence-corrected chi connectivity index (χ4v) is 3.56. The maximum atomic E-state index is 12.6. The summed E-state index contributed by atoms with van der Waals surface area (Å²) >= 11 is 0. The number of anilines is 2. The van der Waals surface area contributed by atoms with Crippen molar-refractivity contribution in [3.05, 3.63) is 11.8 Å². The normalized spacial score (nSPS) is 28.9. The van der Waals surface area contributed by atoms with E-state index < -0.39 is 11.9 Å². The first-order chi connectivity index (χ1) is 9.41. The van der Waals surface area contributed by atoms with Crippen LogP contribution < -0.4 is 11.1 Å². The molecule has 2 bridgehead atoms. The van der Waals surface area contributed by atoms with Crippen molar-refractivity contribution >= 4 is 11.8 Å².